The molecule has 14 heavy (non-hydrogen) atoms. The summed E-state index contributed by atoms with van der Waals surface area (Å²) in [4.78, 5) is 2.46. The lowest BCUT2D eigenvalue weighted by molar-refractivity contribution is -0.113. The van der Waals surface area contributed by atoms with E-state index in [1.54, 1.807) is 0 Å². The molecule has 1 heterocycles. The number of hydrogen-bond acceptors (Lipinski definition) is 2. The first kappa shape index (κ1) is 10.4. The van der Waals surface area contributed by atoms with Gasteiger partial charge in [-0.1, -0.05) is 0 Å². The summed E-state index contributed by atoms with van der Waals surface area (Å²) >= 11 is 0. The summed E-state index contributed by atoms with van der Waals surface area (Å²) in [5.74, 6) is 1.58. The van der Waals surface area contributed by atoms with Gasteiger partial charge in [-0.05, 0) is 52.5 Å². The van der Waals surface area contributed by atoms with Crippen LogP contribution in [0, 0.1) is 11.8 Å². The van der Waals surface area contributed by atoms with Crippen LogP contribution in [0.3, 0.4) is 0 Å². The van der Waals surface area contributed by atoms with Gasteiger partial charge in [0.2, 0.25) is 0 Å². The van der Waals surface area contributed by atoms with Crippen LogP contribution in [0.2, 0.25) is 0 Å². The van der Waals surface area contributed by atoms with Crippen LogP contribution in [0.4, 0.5) is 0 Å². The molecule has 2 rings (SSSR count). The number of likely N-dealkylation sites (tertiary alicyclic amines) is 1. The molecule has 0 aromatic carbocycles. The molecule has 0 amide bonds. The highest BCUT2D eigenvalue weighted by Crippen LogP contribution is 2.40. The summed E-state index contributed by atoms with van der Waals surface area (Å²) < 4.78 is 6.19. The zero-order chi connectivity index (χ0) is 10.3. The first-order valence-corrected chi connectivity index (χ1v) is 5.82. The predicted octanol–water partition coefficient (Wildman–Crippen LogP) is 2.14. The Morgan fingerprint density at radius 3 is 2.00 bits per heavy atom. The van der Waals surface area contributed by atoms with Gasteiger partial charge in [-0.3, -0.25) is 0 Å². The van der Waals surface area contributed by atoms with Gasteiger partial charge >= 0.3 is 0 Å². The number of nitrogens with zero attached hydrogens (tertiary/aromatic N) is 1. The molecule has 1 saturated carbocycles. The van der Waals surface area contributed by atoms with Gasteiger partial charge < -0.3 is 9.64 Å². The molecule has 2 nitrogen and oxygen atoms in total. The number of ether oxygens (including phenoxy) is 1. The summed E-state index contributed by atoms with van der Waals surface area (Å²) in [7, 11) is 2.23. The van der Waals surface area contributed by atoms with Crippen LogP contribution >= 0.6 is 0 Å². The van der Waals surface area contributed by atoms with Crippen molar-refractivity contribution in [2.75, 3.05) is 20.1 Å². The molecule has 0 spiro atoms. The van der Waals surface area contributed by atoms with E-state index in [2.05, 4.69) is 32.7 Å². The maximum absolute atomic E-state index is 6.19. The van der Waals surface area contributed by atoms with Crippen molar-refractivity contribution >= 4 is 0 Å². The van der Waals surface area contributed by atoms with Gasteiger partial charge in [0.05, 0.1) is 11.7 Å². The van der Waals surface area contributed by atoms with E-state index in [1.807, 2.05) is 0 Å². The molecule has 2 aliphatic rings. The Morgan fingerprint density at radius 1 is 1.07 bits per heavy atom. The summed E-state index contributed by atoms with van der Waals surface area (Å²) in [6, 6.07) is 0. The molecule has 2 fully saturated rings. The van der Waals surface area contributed by atoms with E-state index in [0.717, 1.165) is 11.8 Å². The first-order valence-electron chi connectivity index (χ1n) is 5.82. The average Bonchev–Trinajstić information content (AvgIpc) is 2.31. The Bertz CT molecular complexity index is 195. The summed E-state index contributed by atoms with van der Waals surface area (Å²) in [5.41, 5.74) is 0.0292. The first-order chi connectivity index (χ1) is 6.46. The molecule has 2 bridgehead atoms. The molecule has 0 N–H and O–H groups in total. The maximum atomic E-state index is 6.19. The number of rotatable bonds is 1. The Kier molecular flexibility index (Phi) is 2.61. The molecular weight excluding hydrogens is 174 g/mol. The van der Waals surface area contributed by atoms with E-state index in [4.69, 9.17) is 4.74 Å². The normalized spacial score (nSPS) is 39.0. The second kappa shape index (κ2) is 3.49. The van der Waals surface area contributed by atoms with Crippen LogP contribution in [0.5, 0.6) is 0 Å². The van der Waals surface area contributed by atoms with E-state index >= 15 is 0 Å². The van der Waals surface area contributed by atoms with Crippen molar-refractivity contribution in [2.45, 2.75) is 45.3 Å². The molecule has 1 aliphatic carbocycles. The molecule has 2 unspecified atom stereocenters. The minimum absolute atomic E-state index is 0.0292. The van der Waals surface area contributed by atoms with Gasteiger partial charge in [-0.15, -0.1) is 0 Å². The van der Waals surface area contributed by atoms with Gasteiger partial charge in [0, 0.05) is 13.1 Å². The number of hydrogen-bond donors (Lipinski definition) is 0. The van der Waals surface area contributed by atoms with E-state index in [0.29, 0.717) is 6.10 Å². The van der Waals surface area contributed by atoms with Gasteiger partial charge in [-0.2, -0.15) is 0 Å². The highest BCUT2D eigenvalue weighted by atomic mass is 16.5. The highest BCUT2D eigenvalue weighted by Gasteiger charge is 2.43. The molecule has 2 atom stereocenters. The van der Waals surface area contributed by atoms with Crippen molar-refractivity contribution in [1.82, 2.24) is 4.90 Å². The number of fused-ring (bicyclic) bond motifs is 2. The number of piperidine rings is 1. The van der Waals surface area contributed by atoms with Crippen molar-refractivity contribution in [3.8, 4) is 0 Å². The molecule has 0 radical (unpaired) electrons. The van der Waals surface area contributed by atoms with Crippen molar-refractivity contribution in [3.05, 3.63) is 0 Å². The third-order valence-corrected chi connectivity index (χ3v) is 3.42. The zero-order valence-electron chi connectivity index (χ0n) is 9.92. The van der Waals surface area contributed by atoms with Gasteiger partial charge in [0.15, 0.2) is 0 Å². The minimum atomic E-state index is 0.0292. The smallest absolute Gasteiger partial charge is 0.0662 e. The van der Waals surface area contributed by atoms with E-state index < -0.39 is 0 Å². The van der Waals surface area contributed by atoms with Crippen LogP contribution < -0.4 is 0 Å². The average molecular weight is 197 g/mol. The topological polar surface area (TPSA) is 12.5 Å². The van der Waals surface area contributed by atoms with E-state index in [1.165, 1.54) is 25.9 Å². The molecular formula is C12H23NO. The van der Waals surface area contributed by atoms with Crippen LogP contribution in [-0.4, -0.2) is 36.7 Å². The Labute approximate surface area is 87.6 Å². The Balaban J connectivity index is 2.01. The van der Waals surface area contributed by atoms with Crippen molar-refractivity contribution < 1.29 is 4.74 Å². The fourth-order valence-corrected chi connectivity index (χ4v) is 3.01. The minimum Gasteiger partial charge on any atom is -0.372 e. The fraction of sp³-hybridized carbons (Fsp3) is 1.00. The van der Waals surface area contributed by atoms with Crippen molar-refractivity contribution in [3.63, 3.8) is 0 Å². The lowest BCUT2D eigenvalue weighted by Crippen LogP contribution is -2.46. The SMILES string of the molecule is CN1CC2CCC(C1)C2OC(C)(C)C. The zero-order valence-corrected chi connectivity index (χ0v) is 9.92. The van der Waals surface area contributed by atoms with Crippen LogP contribution in [0.15, 0.2) is 0 Å². The monoisotopic (exact) mass is 197 g/mol. The molecule has 2 heteroatoms. The molecule has 82 valence electrons. The van der Waals surface area contributed by atoms with Gasteiger partial charge in [-0.25, -0.2) is 0 Å². The quantitative estimate of drug-likeness (QED) is 0.638. The van der Waals surface area contributed by atoms with Gasteiger partial charge in [0.1, 0.15) is 0 Å². The second-order valence-electron chi connectivity index (χ2n) is 6.01. The van der Waals surface area contributed by atoms with Crippen LogP contribution in [0.25, 0.3) is 0 Å². The lowest BCUT2D eigenvalue weighted by Gasteiger charge is -2.39. The summed E-state index contributed by atoms with van der Waals surface area (Å²) in [5, 5.41) is 0. The third-order valence-electron chi connectivity index (χ3n) is 3.42. The summed E-state index contributed by atoms with van der Waals surface area (Å²) in [6.07, 6.45) is 3.28. The maximum Gasteiger partial charge on any atom is 0.0662 e. The molecule has 0 aromatic heterocycles. The third kappa shape index (κ3) is 2.12. The molecule has 1 saturated heterocycles. The van der Waals surface area contributed by atoms with Crippen LogP contribution in [-0.2, 0) is 4.74 Å². The van der Waals surface area contributed by atoms with Gasteiger partial charge in [0.25, 0.3) is 0 Å². The Morgan fingerprint density at radius 2 is 1.57 bits per heavy atom. The van der Waals surface area contributed by atoms with Crippen LogP contribution in [0.1, 0.15) is 33.6 Å². The standard InChI is InChI=1S/C12H23NO/c1-12(2,3)14-11-9-5-6-10(11)8-13(4)7-9/h9-11H,5-8H2,1-4H3. The second-order valence-corrected chi connectivity index (χ2v) is 6.01. The Hall–Kier alpha value is -0.0800. The fourth-order valence-electron chi connectivity index (χ4n) is 3.01. The lowest BCUT2D eigenvalue weighted by atomic mass is 9.94. The largest absolute Gasteiger partial charge is 0.372 e. The highest BCUT2D eigenvalue weighted by molar-refractivity contribution is 4.94. The summed E-state index contributed by atoms with van der Waals surface area (Å²) in [6.45, 7) is 8.98. The van der Waals surface area contributed by atoms with Crippen molar-refractivity contribution in [2.24, 2.45) is 11.8 Å². The molecule has 1 aliphatic heterocycles. The van der Waals surface area contributed by atoms with E-state index in [9.17, 15) is 0 Å². The predicted molar refractivity (Wildman–Crippen MR) is 58.3 cm³/mol. The van der Waals surface area contributed by atoms with Crippen molar-refractivity contribution in [1.29, 1.82) is 0 Å². The molecule has 0 aromatic rings. The van der Waals surface area contributed by atoms with E-state index in [-0.39, 0.29) is 5.60 Å².